The lowest BCUT2D eigenvalue weighted by Gasteiger charge is -2.31. The molecule has 1 saturated carbocycles. The van der Waals surface area contributed by atoms with Crippen LogP contribution in [0.15, 0.2) is 0 Å². The van der Waals surface area contributed by atoms with Crippen molar-refractivity contribution in [3.8, 4) is 6.01 Å². The number of rotatable bonds is 3. The van der Waals surface area contributed by atoms with Crippen LogP contribution in [0.4, 0.5) is 11.9 Å². The topological polar surface area (TPSA) is 77.2 Å². The number of hydrogen-bond donors (Lipinski definition) is 1. The average Bonchev–Trinajstić information content (AvgIpc) is 2.90. The van der Waals surface area contributed by atoms with Crippen molar-refractivity contribution in [2.45, 2.75) is 52.1 Å². The highest BCUT2D eigenvalue weighted by Crippen LogP contribution is 2.31. The predicted octanol–water partition coefficient (Wildman–Crippen LogP) is 2.26. The monoisotopic (exact) mass is 291 g/mol. The molecule has 2 N–H and O–H groups in total. The van der Waals surface area contributed by atoms with Gasteiger partial charge < -0.3 is 15.4 Å². The second-order valence-corrected chi connectivity index (χ2v) is 6.63. The van der Waals surface area contributed by atoms with E-state index in [-0.39, 0.29) is 12.1 Å². The zero-order valence-corrected chi connectivity index (χ0v) is 13.0. The van der Waals surface area contributed by atoms with E-state index < -0.39 is 0 Å². The van der Waals surface area contributed by atoms with E-state index in [2.05, 4.69) is 33.7 Å². The predicted molar refractivity (Wildman–Crippen MR) is 82.3 cm³/mol. The molecule has 0 bridgehead atoms. The number of nitrogens with zero attached hydrogens (tertiary/aromatic N) is 4. The molecule has 21 heavy (non-hydrogen) atoms. The van der Waals surface area contributed by atoms with Gasteiger partial charge in [0.25, 0.3) is 0 Å². The Balaban J connectivity index is 1.72. The molecule has 0 aromatic carbocycles. The van der Waals surface area contributed by atoms with Gasteiger partial charge in [-0.3, -0.25) is 0 Å². The van der Waals surface area contributed by atoms with Crippen LogP contribution in [0.25, 0.3) is 0 Å². The fraction of sp³-hybridized carbons (Fsp3) is 0.800. The summed E-state index contributed by atoms with van der Waals surface area (Å²) in [4.78, 5) is 15.0. The summed E-state index contributed by atoms with van der Waals surface area (Å²) in [7, 11) is 0. The molecule has 1 aliphatic heterocycles. The Kier molecular flexibility index (Phi) is 4.12. The Morgan fingerprint density at radius 2 is 1.67 bits per heavy atom. The van der Waals surface area contributed by atoms with Gasteiger partial charge >= 0.3 is 6.01 Å². The molecule has 6 nitrogen and oxygen atoms in total. The van der Waals surface area contributed by atoms with Crippen molar-refractivity contribution in [2.24, 2.45) is 11.8 Å². The third-order valence-corrected chi connectivity index (χ3v) is 4.42. The average molecular weight is 291 g/mol. The van der Waals surface area contributed by atoms with E-state index in [0.717, 1.165) is 25.9 Å². The van der Waals surface area contributed by atoms with Crippen LogP contribution in [0.3, 0.4) is 0 Å². The molecular weight excluding hydrogens is 266 g/mol. The third kappa shape index (κ3) is 3.54. The molecule has 2 unspecified atom stereocenters. The lowest BCUT2D eigenvalue weighted by Crippen LogP contribution is -2.29. The number of anilines is 2. The highest BCUT2D eigenvalue weighted by molar-refractivity contribution is 5.36. The van der Waals surface area contributed by atoms with Crippen molar-refractivity contribution in [1.82, 2.24) is 15.0 Å². The third-order valence-electron chi connectivity index (χ3n) is 4.42. The van der Waals surface area contributed by atoms with Crippen molar-refractivity contribution < 1.29 is 4.74 Å². The normalized spacial score (nSPS) is 29.6. The molecule has 1 aromatic heterocycles. The highest BCUT2D eigenvalue weighted by Gasteiger charge is 2.26. The summed E-state index contributed by atoms with van der Waals surface area (Å²) in [5.41, 5.74) is 5.82. The van der Waals surface area contributed by atoms with Crippen LogP contribution in [0.5, 0.6) is 6.01 Å². The van der Waals surface area contributed by atoms with Gasteiger partial charge in [0.15, 0.2) is 0 Å². The van der Waals surface area contributed by atoms with Crippen LogP contribution in [-0.2, 0) is 0 Å². The van der Waals surface area contributed by atoms with Crippen LogP contribution in [0.1, 0.15) is 46.0 Å². The fourth-order valence-corrected chi connectivity index (χ4v) is 3.59. The van der Waals surface area contributed by atoms with E-state index in [1.165, 1.54) is 19.3 Å². The second-order valence-electron chi connectivity index (χ2n) is 6.63. The minimum absolute atomic E-state index is 0.192. The molecule has 1 saturated heterocycles. The first-order chi connectivity index (χ1) is 10.1. The number of nitrogen functional groups attached to an aromatic ring is 1. The molecule has 1 aliphatic carbocycles. The second kappa shape index (κ2) is 6.03. The summed E-state index contributed by atoms with van der Waals surface area (Å²) in [5, 5.41) is 0. The minimum Gasteiger partial charge on any atom is -0.460 e. The number of aromatic nitrogens is 3. The maximum atomic E-state index is 6.01. The van der Waals surface area contributed by atoms with Gasteiger partial charge in [0.1, 0.15) is 6.10 Å². The van der Waals surface area contributed by atoms with Gasteiger partial charge in [-0.1, -0.05) is 13.8 Å². The molecule has 0 amide bonds. The molecule has 3 rings (SSSR count). The van der Waals surface area contributed by atoms with Crippen LogP contribution in [0.2, 0.25) is 0 Å². The van der Waals surface area contributed by atoms with Gasteiger partial charge in [-0.05, 0) is 43.9 Å². The summed E-state index contributed by atoms with van der Waals surface area (Å²) in [6.07, 6.45) is 5.96. The summed E-state index contributed by atoms with van der Waals surface area (Å²) < 4.78 is 6.01. The van der Waals surface area contributed by atoms with Gasteiger partial charge in [-0.15, -0.1) is 0 Å². The van der Waals surface area contributed by atoms with Crippen molar-refractivity contribution >= 4 is 11.9 Å². The Labute approximate surface area is 126 Å². The molecule has 116 valence electrons. The standard InChI is InChI=1S/C15H25N5O/c1-10-7-11(2)9-12(8-10)21-15-18-13(16)17-14(19-15)20-5-3-4-6-20/h10-12H,3-9H2,1-2H3,(H2,16,17,18,19). The number of ether oxygens (including phenoxy) is 1. The summed E-state index contributed by atoms with van der Waals surface area (Å²) in [6.45, 7) is 6.54. The molecule has 2 atom stereocenters. The summed E-state index contributed by atoms with van der Waals surface area (Å²) in [5.74, 6) is 2.29. The Hall–Kier alpha value is -1.59. The van der Waals surface area contributed by atoms with Crippen molar-refractivity contribution in [1.29, 1.82) is 0 Å². The van der Waals surface area contributed by atoms with Crippen LogP contribution in [-0.4, -0.2) is 34.1 Å². The first kappa shape index (κ1) is 14.4. The zero-order valence-electron chi connectivity index (χ0n) is 13.0. The highest BCUT2D eigenvalue weighted by atomic mass is 16.5. The number of nitrogens with two attached hydrogens (primary N) is 1. The maximum absolute atomic E-state index is 6.01. The largest absolute Gasteiger partial charge is 0.460 e. The van der Waals surface area contributed by atoms with E-state index in [0.29, 0.717) is 23.8 Å². The molecule has 6 heteroatoms. The van der Waals surface area contributed by atoms with Crippen LogP contribution < -0.4 is 15.4 Å². The fourth-order valence-electron chi connectivity index (χ4n) is 3.59. The van der Waals surface area contributed by atoms with Crippen molar-refractivity contribution in [3.63, 3.8) is 0 Å². The summed E-state index contributed by atoms with van der Waals surface area (Å²) in [6, 6.07) is 0.385. The molecular formula is C15H25N5O. The number of hydrogen-bond acceptors (Lipinski definition) is 6. The quantitative estimate of drug-likeness (QED) is 0.920. The van der Waals surface area contributed by atoms with E-state index in [1.54, 1.807) is 0 Å². The smallest absolute Gasteiger partial charge is 0.323 e. The van der Waals surface area contributed by atoms with Gasteiger partial charge in [-0.25, -0.2) is 0 Å². The Morgan fingerprint density at radius 1 is 1.00 bits per heavy atom. The molecule has 0 spiro atoms. The Morgan fingerprint density at radius 3 is 2.33 bits per heavy atom. The maximum Gasteiger partial charge on any atom is 0.323 e. The minimum atomic E-state index is 0.192. The van der Waals surface area contributed by atoms with Crippen molar-refractivity contribution in [2.75, 3.05) is 23.7 Å². The van der Waals surface area contributed by atoms with Crippen LogP contribution >= 0.6 is 0 Å². The molecule has 2 heterocycles. The molecule has 0 radical (unpaired) electrons. The first-order valence-electron chi connectivity index (χ1n) is 8.03. The molecule has 2 aliphatic rings. The lowest BCUT2D eigenvalue weighted by molar-refractivity contribution is 0.0920. The molecule has 2 fully saturated rings. The SMILES string of the molecule is CC1CC(C)CC(Oc2nc(N)nc(N3CCCC3)n2)C1. The van der Waals surface area contributed by atoms with E-state index in [1.807, 2.05) is 0 Å². The van der Waals surface area contributed by atoms with Crippen LogP contribution in [0, 0.1) is 11.8 Å². The first-order valence-corrected chi connectivity index (χ1v) is 8.03. The van der Waals surface area contributed by atoms with E-state index >= 15 is 0 Å². The molecule has 1 aromatic rings. The van der Waals surface area contributed by atoms with Gasteiger partial charge in [0.05, 0.1) is 0 Å². The van der Waals surface area contributed by atoms with Gasteiger partial charge in [0.2, 0.25) is 11.9 Å². The Bertz CT molecular complexity index is 479. The van der Waals surface area contributed by atoms with E-state index in [9.17, 15) is 0 Å². The van der Waals surface area contributed by atoms with Gasteiger partial charge in [-0.2, -0.15) is 15.0 Å². The van der Waals surface area contributed by atoms with Gasteiger partial charge in [0, 0.05) is 13.1 Å². The zero-order chi connectivity index (χ0) is 14.8. The van der Waals surface area contributed by atoms with Crippen molar-refractivity contribution in [3.05, 3.63) is 0 Å². The summed E-state index contributed by atoms with van der Waals surface area (Å²) >= 11 is 0. The lowest BCUT2D eigenvalue weighted by atomic mass is 9.82. The van der Waals surface area contributed by atoms with E-state index in [4.69, 9.17) is 10.5 Å².